The van der Waals surface area contributed by atoms with Gasteiger partial charge in [-0.3, -0.25) is 0 Å². The smallest absolute Gasteiger partial charge is 0.0715 e. The summed E-state index contributed by atoms with van der Waals surface area (Å²) in [7, 11) is 0. The fourth-order valence-electron chi connectivity index (χ4n) is 10.8. The average Bonchev–Trinajstić information content (AvgIpc) is 3.61. The van der Waals surface area contributed by atoms with Gasteiger partial charge in [-0.25, -0.2) is 0 Å². The molecular formula is C63H64N2. The number of anilines is 6. The van der Waals surface area contributed by atoms with E-state index < -0.39 is 5.41 Å². The molecule has 0 unspecified atom stereocenters. The Morgan fingerprint density at radius 3 is 1.05 bits per heavy atom. The summed E-state index contributed by atoms with van der Waals surface area (Å²) in [5.74, 6) is 0. The molecule has 8 aromatic carbocycles. The maximum atomic E-state index is 2.51. The van der Waals surface area contributed by atoms with E-state index in [0.29, 0.717) is 0 Å². The Bertz CT molecular complexity index is 2690. The molecule has 0 bridgehead atoms. The summed E-state index contributed by atoms with van der Waals surface area (Å²) >= 11 is 0. The largest absolute Gasteiger partial charge is 0.310 e. The van der Waals surface area contributed by atoms with Crippen molar-refractivity contribution in [2.45, 2.75) is 99.3 Å². The lowest BCUT2D eigenvalue weighted by Gasteiger charge is -2.36. The van der Waals surface area contributed by atoms with E-state index in [4.69, 9.17) is 0 Å². The molecule has 1 aliphatic rings. The highest BCUT2D eigenvalue weighted by Gasteiger charge is 2.47. The van der Waals surface area contributed by atoms with Crippen LogP contribution < -0.4 is 9.80 Å². The average molecular weight is 849 g/mol. The van der Waals surface area contributed by atoms with Crippen molar-refractivity contribution in [2.24, 2.45) is 0 Å². The Morgan fingerprint density at radius 2 is 0.708 bits per heavy atom. The van der Waals surface area contributed by atoms with E-state index in [2.05, 4.69) is 235 Å². The Morgan fingerprint density at radius 1 is 0.369 bits per heavy atom. The molecule has 0 amide bonds. The number of benzene rings is 8. The van der Waals surface area contributed by atoms with Gasteiger partial charge in [-0.05, 0) is 183 Å². The molecule has 0 radical (unpaired) electrons. The Labute approximate surface area is 389 Å². The van der Waals surface area contributed by atoms with Crippen molar-refractivity contribution in [1.29, 1.82) is 0 Å². The number of hydrogen-bond donors (Lipinski definition) is 0. The lowest BCUT2D eigenvalue weighted by atomic mass is 9.67. The van der Waals surface area contributed by atoms with Crippen LogP contribution in [0.3, 0.4) is 0 Å². The summed E-state index contributed by atoms with van der Waals surface area (Å²) < 4.78 is 0. The van der Waals surface area contributed by atoms with Crippen LogP contribution in [0.5, 0.6) is 0 Å². The van der Waals surface area contributed by atoms with Gasteiger partial charge in [0.25, 0.3) is 0 Å². The monoisotopic (exact) mass is 849 g/mol. The summed E-state index contributed by atoms with van der Waals surface area (Å²) in [6, 6.07) is 64.9. The predicted molar refractivity (Wildman–Crippen MR) is 279 cm³/mol. The van der Waals surface area contributed by atoms with Gasteiger partial charge in [0.05, 0.1) is 16.8 Å². The van der Waals surface area contributed by atoms with Crippen molar-refractivity contribution in [3.8, 4) is 11.1 Å². The van der Waals surface area contributed by atoms with Crippen LogP contribution in [0.25, 0.3) is 11.1 Å². The van der Waals surface area contributed by atoms with E-state index in [0.717, 1.165) is 35.6 Å². The van der Waals surface area contributed by atoms with E-state index >= 15 is 0 Å². The van der Waals surface area contributed by atoms with Crippen LogP contribution in [0.15, 0.2) is 170 Å². The number of nitrogens with zero attached hydrogens (tertiary/aromatic N) is 2. The topological polar surface area (TPSA) is 6.48 Å². The number of unbranched alkanes of at least 4 members (excludes halogenated alkanes) is 2. The first-order chi connectivity index (χ1) is 31.6. The maximum Gasteiger partial charge on any atom is 0.0715 e. The van der Waals surface area contributed by atoms with Gasteiger partial charge < -0.3 is 9.80 Å². The van der Waals surface area contributed by atoms with Crippen molar-refractivity contribution in [3.05, 3.63) is 237 Å². The summed E-state index contributed by atoms with van der Waals surface area (Å²) in [5, 5.41) is 0. The highest BCUT2D eigenvalue weighted by atomic mass is 15.2. The summed E-state index contributed by atoms with van der Waals surface area (Å²) in [6.45, 7) is 18.1. The molecule has 0 spiro atoms. The summed E-state index contributed by atoms with van der Waals surface area (Å²) in [4.78, 5) is 5.02. The fraction of sp³-hybridized carbons (Fsp3) is 0.238. The molecule has 0 aliphatic heterocycles. The number of rotatable bonds is 14. The lowest BCUT2D eigenvalue weighted by Crippen LogP contribution is -2.29. The second-order valence-corrected chi connectivity index (χ2v) is 18.6. The molecule has 9 rings (SSSR count). The van der Waals surface area contributed by atoms with Gasteiger partial charge in [0.2, 0.25) is 0 Å². The van der Waals surface area contributed by atoms with Gasteiger partial charge in [0, 0.05) is 22.7 Å². The third-order valence-corrected chi connectivity index (χ3v) is 13.8. The minimum atomic E-state index is -0.612. The van der Waals surface area contributed by atoms with Gasteiger partial charge in [0.15, 0.2) is 0 Å². The van der Waals surface area contributed by atoms with Gasteiger partial charge in [-0.15, -0.1) is 0 Å². The zero-order chi connectivity index (χ0) is 45.2. The molecule has 326 valence electrons. The maximum absolute atomic E-state index is 2.51. The van der Waals surface area contributed by atoms with E-state index in [1.165, 1.54) is 115 Å². The zero-order valence-electron chi connectivity index (χ0n) is 39.8. The fourth-order valence-corrected chi connectivity index (χ4v) is 10.8. The molecular weight excluding hydrogens is 785 g/mol. The van der Waals surface area contributed by atoms with Crippen LogP contribution in [0.1, 0.15) is 106 Å². The molecule has 0 fully saturated rings. The minimum Gasteiger partial charge on any atom is -0.310 e. The third kappa shape index (κ3) is 8.10. The minimum absolute atomic E-state index is 0.612. The summed E-state index contributed by atoms with van der Waals surface area (Å²) in [5.41, 5.74) is 24.6. The first-order valence-electron chi connectivity index (χ1n) is 24.0. The van der Waals surface area contributed by atoms with E-state index in [9.17, 15) is 0 Å². The molecule has 0 atom stereocenters. The van der Waals surface area contributed by atoms with Crippen molar-refractivity contribution in [2.75, 3.05) is 9.80 Å². The standard InChI is InChI=1S/C63H64N2/c1-9-11-19-49-37-45(5)61(46(6)38-49)64(53-29-25-43(3)26-30-53)55-33-35-57-58-36-34-56(42-60(58)63(59(57)41-55,51-21-15-13-16-22-51)52-23-17-14-18-24-52)65(54-31-27-44(4)28-32-54)62-47(7)39-50(20-12-10-2)40-48(62)8/h13-18,21-42H,9-12,19-20H2,1-8H3. The molecule has 0 heterocycles. The molecule has 1 aliphatic carbocycles. The molecule has 8 aromatic rings. The van der Waals surface area contributed by atoms with Crippen LogP contribution in [-0.2, 0) is 18.3 Å². The highest BCUT2D eigenvalue weighted by molar-refractivity contribution is 5.92. The number of fused-ring (bicyclic) bond motifs is 3. The molecule has 65 heavy (non-hydrogen) atoms. The molecule has 0 N–H and O–H groups in total. The van der Waals surface area contributed by atoms with Gasteiger partial charge in [0.1, 0.15) is 0 Å². The molecule has 2 heteroatoms. The Hall–Kier alpha value is -6.64. The van der Waals surface area contributed by atoms with Crippen LogP contribution in [0.4, 0.5) is 34.1 Å². The quantitative estimate of drug-likeness (QED) is 0.108. The van der Waals surface area contributed by atoms with Crippen molar-refractivity contribution in [3.63, 3.8) is 0 Å². The third-order valence-electron chi connectivity index (χ3n) is 13.8. The van der Waals surface area contributed by atoms with Crippen LogP contribution in [-0.4, -0.2) is 0 Å². The van der Waals surface area contributed by atoms with Crippen LogP contribution in [0.2, 0.25) is 0 Å². The summed E-state index contributed by atoms with van der Waals surface area (Å²) in [6.07, 6.45) is 6.97. The SMILES string of the molecule is CCCCc1cc(C)c(N(c2ccc(C)cc2)c2ccc3c(c2)C(c2ccccc2)(c2ccccc2)c2cc(N(c4ccc(C)cc4)c4c(C)cc(CCCC)cc4C)ccc2-3)c(C)c1. The number of hydrogen-bond acceptors (Lipinski definition) is 2. The molecule has 0 aromatic heterocycles. The van der Waals surface area contributed by atoms with Gasteiger partial charge >= 0.3 is 0 Å². The predicted octanol–water partition coefficient (Wildman–Crippen LogP) is 17.5. The second kappa shape index (κ2) is 18.5. The lowest BCUT2D eigenvalue weighted by molar-refractivity contribution is 0.768. The molecule has 2 nitrogen and oxygen atoms in total. The van der Waals surface area contributed by atoms with E-state index in [1.54, 1.807) is 0 Å². The normalized spacial score (nSPS) is 12.5. The van der Waals surface area contributed by atoms with Crippen LogP contribution in [0, 0.1) is 41.5 Å². The van der Waals surface area contributed by atoms with Gasteiger partial charge in [-0.2, -0.15) is 0 Å². The Kier molecular flexibility index (Phi) is 12.4. The zero-order valence-corrected chi connectivity index (χ0v) is 39.8. The van der Waals surface area contributed by atoms with Crippen molar-refractivity contribution < 1.29 is 0 Å². The van der Waals surface area contributed by atoms with Crippen molar-refractivity contribution >= 4 is 34.1 Å². The Balaban J connectivity index is 1.31. The van der Waals surface area contributed by atoms with Crippen molar-refractivity contribution in [1.82, 2.24) is 0 Å². The van der Waals surface area contributed by atoms with Crippen LogP contribution >= 0.6 is 0 Å². The first-order valence-corrected chi connectivity index (χ1v) is 24.0. The number of aryl methyl sites for hydroxylation is 8. The first kappa shape index (κ1) is 43.6. The van der Waals surface area contributed by atoms with E-state index in [1.807, 2.05) is 0 Å². The second-order valence-electron chi connectivity index (χ2n) is 18.6. The van der Waals surface area contributed by atoms with Gasteiger partial charge in [-0.1, -0.05) is 159 Å². The molecule has 0 saturated heterocycles. The van der Waals surface area contributed by atoms with E-state index in [-0.39, 0.29) is 0 Å². The highest BCUT2D eigenvalue weighted by Crippen LogP contribution is 2.59. The molecule has 0 saturated carbocycles.